The predicted octanol–water partition coefficient (Wildman–Crippen LogP) is 0.286. The van der Waals surface area contributed by atoms with E-state index in [-0.39, 0.29) is 6.54 Å². The second kappa shape index (κ2) is 6.49. The van der Waals surface area contributed by atoms with Gasteiger partial charge in [-0.3, -0.25) is 10.1 Å². The van der Waals surface area contributed by atoms with Gasteiger partial charge >= 0.3 is 0 Å². The molecule has 1 heterocycles. The Morgan fingerprint density at radius 2 is 2.38 bits per heavy atom. The van der Waals surface area contributed by atoms with Crippen LogP contribution in [0.3, 0.4) is 0 Å². The molecule has 0 spiro atoms. The smallest absolute Gasteiger partial charge is 0.240 e. The molecule has 0 unspecified atom stereocenters. The summed E-state index contributed by atoms with van der Waals surface area (Å²) >= 11 is 1.75. The number of carbonyl (C=O) groups is 1. The number of hydrogen-bond acceptors (Lipinski definition) is 6. The number of amides is 1. The quantitative estimate of drug-likeness (QED) is 0.715. The lowest BCUT2D eigenvalue weighted by Gasteiger charge is -1.99. The first-order valence-corrected chi connectivity index (χ1v) is 6.05. The zero-order valence-corrected chi connectivity index (χ0v) is 10.2. The highest BCUT2D eigenvalue weighted by Gasteiger charge is 2.07. The Balaban J connectivity index is 2.30. The molecular formula is C9H16N4O2S. The molecule has 0 aliphatic rings. The number of nitrogens with two attached hydrogens (primary N) is 1. The fourth-order valence-corrected chi connectivity index (χ4v) is 1.55. The van der Waals surface area contributed by atoms with Crippen LogP contribution in [0.15, 0.2) is 4.52 Å². The standard InChI is InChI=1S/C9H16N4O2S/c1-6(2)16-5-8-12-9(15-13-8)4-11-3-7(10)14/h6,11H,3-5H2,1-2H3,(H2,10,14). The molecule has 1 aromatic rings. The van der Waals surface area contributed by atoms with Gasteiger partial charge in [-0.05, 0) is 5.25 Å². The van der Waals surface area contributed by atoms with E-state index in [1.54, 1.807) is 11.8 Å². The van der Waals surface area contributed by atoms with Crippen molar-refractivity contribution in [3.63, 3.8) is 0 Å². The predicted molar refractivity (Wildman–Crippen MR) is 61.6 cm³/mol. The lowest BCUT2D eigenvalue weighted by molar-refractivity contribution is -0.117. The normalized spacial score (nSPS) is 10.9. The van der Waals surface area contributed by atoms with Gasteiger partial charge in [-0.25, -0.2) is 0 Å². The molecule has 1 amide bonds. The van der Waals surface area contributed by atoms with E-state index in [9.17, 15) is 4.79 Å². The molecule has 0 fully saturated rings. The SMILES string of the molecule is CC(C)SCc1noc(CNCC(N)=O)n1. The maximum absolute atomic E-state index is 10.5. The van der Waals surface area contributed by atoms with Crippen LogP contribution in [-0.4, -0.2) is 27.8 Å². The molecule has 0 saturated heterocycles. The minimum absolute atomic E-state index is 0.110. The molecule has 0 saturated carbocycles. The first-order valence-electron chi connectivity index (χ1n) is 5.00. The molecule has 0 atom stereocenters. The van der Waals surface area contributed by atoms with Crippen molar-refractivity contribution in [2.45, 2.75) is 31.4 Å². The van der Waals surface area contributed by atoms with Crippen LogP contribution in [0.2, 0.25) is 0 Å². The highest BCUT2D eigenvalue weighted by Crippen LogP contribution is 2.14. The van der Waals surface area contributed by atoms with Crippen molar-refractivity contribution >= 4 is 17.7 Å². The van der Waals surface area contributed by atoms with Gasteiger partial charge in [0, 0.05) is 0 Å². The van der Waals surface area contributed by atoms with E-state index >= 15 is 0 Å². The molecule has 3 N–H and O–H groups in total. The van der Waals surface area contributed by atoms with Crippen molar-refractivity contribution in [3.05, 3.63) is 11.7 Å². The molecule has 0 aliphatic carbocycles. The largest absolute Gasteiger partial charge is 0.369 e. The van der Waals surface area contributed by atoms with Crippen LogP contribution in [-0.2, 0) is 17.1 Å². The molecule has 90 valence electrons. The molecule has 0 bridgehead atoms. The Hall–Kier alpha value is -1.08. The van der Waals surface area contributed by atoms with E-state index < -0.39 is 5.91 Å². The zero-order chi connectivity index (χ0) is 12.0. The average Bonchev–Trinajstić information content (AvgIpc) is 2.62. The Kier molecular flexibility index (Phi) is 5.27. The summed E-state index contributed by atoms with van der Waals surface area (Å²) in [6.07, 6.45) is 0. The summed E-state index contributed by atoms with van der Waals surface area (Å²) in [4.78, 5) is 14.6. The number of nitrogens with zero attached hydrogens (tertiary/aromatic N) is 2. The number of rotatable bonds is 7. The second-order valence-corrected chi connectivity index (χ2v) is 5.10. The molecule has 6 nitrogen and oxygen atoms in total. The third kappa shape index (κ3) is 5.13. The summed E-state index contributed by atoms with van der Waals surface area (Å²) in [5.41, 5.74) is 4.97. The van der Waals surface area contributed by atoms with Gasteiger partial charge in [-0.15, -0.1) is 0 Å². The number of primary amides is 1. The highest BCUT2D eigenvalue weighted by molar-refractivity contribution is 7.99. The number of aromatic nitrogens is 2. The molecule has 0 radical (unpaired) electrons. The summed E-state index contributed by atoms with van der Waals surface area (Å²) in [5, 5.41) is 7.16. The van der Waals surface area contributed by atoms with Crippen LogP contribution in [0.5, 0.6) is 0 Å². The number of thioether (sulfide) groups is 1. The Bertz CT molecular complexity index is 340. The summed E-state index contributed by atoms with van der Waals surface area (Å²) in [7, 11) is 0. The topological polar surface area (TPSA) is 94.0 Å². The van der Waals surface area contributed by atoms with Crippen molar-refractivity contribution < 1.29 is 9.32 Å². The number of carbonyl (C=O) groups excluding carboxylic acids is 1. The summed E-state index contributed by atoms with van der Waals surface area (Å²) < 4.78 is 4.99. The minimum atomic E-state index is -0.407. The monoisotopic (exact) mass is 244 g/mol. The number of nitrogens with one attached hydrogen (secondary N) is 1. The lowest BCUT2D eigenvalue weighted by Crippen LogP contribution is -2.28. The van der Waals surface area contributed by atoms with Crippen molar-refractivity contribution in [1.29, 1.82) is 0 Å². The molecular weight excluding hydrogens is 228 g/mol. The van der Waals surface area contributed by atoms with E-state index in [1.807, 2.05) is 0 Å². The van der Waals surface area contributed by atoms with Crippen LogP contribution in [0, 0.1) is 0 Å². The first-order chi connectivity index (χ1) is 7.58. The van der Waals surface area contributed by atoms with E-state index in [1.165, 1.54) is 0 Å². The van der Waals surface area contributed by atoms with Crippen molar-refractivity contribution in [2.75, 3.05) is 6.54 Å². The first kappa shape index (κ1) is 13.0. The summed E-state index contributed by atoms with van der Waals surface area (Å²) in [6.45, 7) is 4.70. The third-order valence-corrected chi connectivity index (χ3v) is 2.72. The van der Waals surface area contributed by atoms with Crippen LogP contribution >= 0.6 is 11.8 Å². The fourth-order valence-electron chi connectivity index (χ4n) is 0.954. The molecule has 0 aromatic carbocycles. The van der Waals surface area contributed by atoms with Crippen LogP contribution < -0.4 is 11.1 Å². The maximum Gasteiger partial charge on any atom is 0.240 e. The zero-order valence-electron chi connectivity index (χ0n) is 9.40. The summed E-state index contributed by atoms with van der Waals surface area (Å²) in [6, 6.07) is 0. The molecule has 0 aliphatic heterocycles. The maximum atomic E-state index is 10.5. The van der Waals surface area contributed by atoms with Crippen molar-refractivity contribution in [2.24, 2.45) is 5.73 Å². The van der Waals surface area contributed by atoms with Gasteiger partial charge in [0.1, 0.15) is 0 Å². The van der Waals surface area contributed by atoms with Crippen LogP contribution in [0.1, 0.15) is 25.6 Å². The molecule has 1 aromatic heterocycles. The number of hydrogen-bond donors (Lipinski definition) is 2. The van der Waals surface area contributed by atoms with Gasteiger partial charge in [0.15, 0.2) is 5.82 Å². The van der Waals surface area contributed by atoms with E-state index in [2.05, 4.69) is 29.3 Å². The lowest BCUT2D eigenvalue weighted by atomic mass is 10.5. The fraction of sp³-hybridized carbons (Fsp3) is 0.667. The summed E-state index contributed by atoms with van der Waals surface area (Å²) in [5.74, 6) is 1.47. The third-order valence-electron chi connectivity index (χ3n) is 1.63. The van der Waals surface area contributed by atoms with Crippen molar-refractivity contribution in [3.8, 4) is 0 Å². The van der Waals surface area contributed by atoms with Gasteiger partial charge in [0.2, 0.25) is 11.8 Å². The van der Waals surface area contributed by atoms with Gasteiger partial charge in [-0.1, -0.05) is 19.0 Å². The van der Waals surface area contributed by atoms with E-state index in [4.69, 9.17) is 10.3 Å². The Labute approximate surface area is 98.3 Å². The van der Waals surface area contributed by atoms with Crippen LogP contribution in [0.4, 0.5) is 0 Å². The highest BCUT2D eigenvalue weighted by atomic mass is 32.2. The van der Waals surface area contributed by atoms with Gasteiger partial charge in [0.05, 0.1) is 18.8 Å². The van der Waals surface area contributed by atoms with Crippen molar-refractivity contribution in [1.82, 2.24) is 15.5 Å². The Morgan fingerprint density at radius 1 is 1.62 bits per heavy atom. The molecule has 16 heavy (non-hydrogen) atoms. The molecule has 7 heteroatoms. The minimum Gasteiger partial charge on any atom is -0.369 e. The van der Waals surface area contributed by atoms with Gasteiger partial charge in [-0.2, -0.15) is 16.7 Å². The van der Waals surface area contributed by atoms with Gasteiger partial charge in [0.25, 0.3) is 0 Å². The van der Waals surface area contributed by atoms with E-state index in [0.29, 0.717) is 23.5 Å². The van der Waals surface area contributed by atoms with E-state index in [0.717, 1.165) is 5.75 Å². The van der Waals surface area contributed by atoms with Gasteiger partial charge < -0.3 is 10.3 Å². The Morgan fingerprint density at radius 3 is 3.00 bits per heavy atom. The second-order valence-electron chi connectivity index (χ2n) is 3.53. The van der Waals surface area contributed by atoms with Crippen LogP contribution in [0.25, 0.3) is 0 Å². The average molecular weight is 244 g/mol. The molecule has 1 rings (SSSR count).